The summed E-state index contributed by atoms with van der Waals surface area (Å²) in [7, 11) is -8.61. The fraction of sp³-hybridized carbons (Fsp3) is 0.0417. The van der Waals surface area contributed by atoms with Crippen LogP contribution in [0.5, 0.6) is 0 Å². The third-order valence-electron chi connectivity index (χ3n) is 12.3. The molecule has 0 radical (unpaired) electrons. The van der Waals surface area contributed by atoms with Gasteiger partial charge in [0.25, 0.3) is 0 Å². The van der Waals surface area contributed by atoms with Crippen LogP contribution in [0.2, 0.25) is 0 Å². The molecule has 0 saturated heterocycles. The Morgan fingerprint density at radius 2 is 0.512 bits per heavy atom. The predicted octanol–water partition coefficient (Wildman–Crippen LogP) is 15.9. The van der Waals surface area contributed by atoms with Gasteiger partial charge in [-0.05, 0) is 11.1 Å². The number of fused-ring (bicyclic) bond motifs is 1. The van der Waals surface area contributed by atoms with Gasteiger partial charge in [-0.15, -0.1) is 57.3 Å². The molecule has 0 atom stereocenters. The summed E-state index contributed by atoms with van der Waals surface area (Å²) >= 11 is 19.1. The molecule has 8 rings (SSSR count). The lowest BCUT2D eigenvalue weighted by Crippen LogP contribution is -2.67. The van der Waals surface area contributed by atoms with Crippen LogP contribution in [-0.2, 0) is 0 Å². The van der Waals surface area contributed by atoms with Crippen molar-refractivity contribution < 1.29 is 132 Å². The first kappa shape index (κ1) is 66.7. The van der Waals surface area contributed by atoms with Crippen LogP contribution >= 0.6 is 53.7 Å². The zero-order valence-corrected chi connectivity index (χ0v) is 42.7. The van der Waals surface area contributed by atoms with Crippen molar-refractivity contribution in [2.45, 2.75) is 0 Å². The highest BCUT2D eigenvalue weighted by Gasteiger charge is 2.62. The highest BCUT2D eigenvalue weighted by atomic mass is 35.5. The fourth-order valence-corrected chi connectivity index (χ4v) is 13.4. The average Bonchev–Trinajstić information content (AvgIpc) is 0.692. The molecule has 1 aliphatic rings. The van der Waals surface area contributed by atoms with E-state index < -0.39 is 254 Å². The maximum Gasteiger partial charge on any atom is 0.208 e. The van der Waals surface area contributed by atoms with Gasteiger partial charge in [0.05, 0.1) is 10.7 Å². The Labute approximate surface area is 466 Å². The smallest absolute Gasteiger partial charge is 0.207 e. The van der Waals surface area contributed by atoms with Crippen molar-refractivity contribution in [1.82, 2.24) is 0 Å². The van der Waals surface area contributed by atoms with Gasteiger partial charge in [0.1, 0.15) is 29.4 Å². The molecular weight excluding hydrogens is 1330 g/mol. The van der Waals surface area contributed by atoms with Crippen LogP contribution in [0.3, 0.4) is 0 Å². The first-order valence-corrected chi connectivity index (χ1v) is 25.0. The van der Waals surface area contributed by atoms with Crippen LogP contribution in [0.15, 0.2) is 30.1 Å². The normalized spacial score (nSPS) is 13.4. The number of rotatable bonds is 7. The lowest BCUT2D eigenvalue weighted by atomic mass is 9.10. The Morgan fingerprint density at radius 1 is 0.298 bits per heavy atom. The van der Waals surface area contributed by atoms with E-state index in [2.05, 4.69) is 0 Å². The molecule has 1 aliphatic heterocycles. The molecule has 448 valence electrons. The summed E-state index contributed by atoms with van der Waals surface area (Å²) in [6.07, 6.45) is -7.85. The Morgan fingerprint density at radius 3 is 0.774 bits per heavy atom. The van der Waals surface area contributed by atoms with Gasteiger partial charge < -0.3 is 0 Å². The second-order valence-corrected chi connectivity index (χ2v) is 20.9. The van der Waals surface area contributed by atoms with Crippen molar-refractivity contribution in [3.63, 3.8) is 0 Å². The third-order valence-corrected chi connectivity index (χ3v) is 16.3. The zero-order chi connectivity index (χ0) is 63.8. The number of alkyl halides is 4. The maximum absolute atomic E-state index is 17.1. The summed E-state index contributed by atoms with van der Waals surface area (Å²) in [4.78, 5) is 0. The first-order valence-electron chi connectivity index (χ1n) is 21.0. The number of benzene rings is 7. The summed E-state index contributed by atoms with van der Waals surface area (Å²) in [5, 5.41) is -10.9. The Kier molecular flexibility index (Phi) is 19.5. The van der Waals surface area contributed by atoms with Crippen molar-refractivity contribution in [1.29, 1.82) is 0 Å². The lowest BCUT2D eigenvalue weighted by Gasteiger charge is -2.50. The van der Waals surface area contributed by atoms with Crippen molar-refractivity contribution in [2.75, 3.05) is 10.7 Å². The molecule has 0 N–H and O–H groups in total. The van der Waals surface area contributed by atoms with E-state index in [1.807, 2.05) is 0 Å². The topological polar surface area (TPSA) is 0 Å². The summed E-state index contributed by atoms with van der Waals surface area (Å²) in [5.74, 6) is -114. The Balaban J connectivity index is 0.00000181. The molecule has 0 bridgehead atoms. The predicted molar refractivity (Wildman–Crippen MR) is 244 cm³/mol. The van der Waals surface area contributed by atoms with E-state index >= 15 is 114 Å². The molecule has 7 aromatic carbocycles. The summed E-state index contributed by atoms with van der Waals surface area (Å²) in [5.41, 5.74) is -20.1. The van der Waals surface area contributed by atoms with Crippen molar-refractivity contribution >= 4 is 104 Å². The van der Waals surface area contributed by atoms with Gasteiger partial charge in [0.2, 0.25) is 93.1 Å². The Bertz CT molecular complexity index is 3590. The Hall–Kier alpha value is -6.43. The number of hydrogen-bond donors (Lipinski definition) is 0. The summed E-state index contributed by atoms with van der Waals surface area (Å²) in [6.45, 7) is 0. The van der Waals surface area contributed by atoms with Gasteiger partial charge in [-0.2, -0.15) is 37.3 Å². The quantitative estimate of drug-likeness (QED) is 0.0373. The minimum atomic E-state index is -8.61. The summed E-state index contributed by atoms with van der Waals surface area (Å²) in [6, 6.07) is 0.908. The molecule has 0 unspecified atom stereocenters. The second kappa shape index (κ2) is 24.5. The van der Waals surface area contributed by atoms with Crippen LogP contribution in [0, 0.1) is 175 Å². The largest absolute Gasteiger partial charge is 0.208 e. The van der Waals surface area contributed by atoms with Gasteiger partial charge >= 0.3 is 0 Å². The molecule has 0 aromatic heterocycles. The van der Waals surface area contributed by atoms with Crippen LogP contribution in [0.25, 0.3) is 17.0 Å². The molecule has 0 saturated carbocycles. The van der Waals surface area contributed by atoms with E-state index in [4.69, 9.17) is 46.4 Å². The summed E-state index contributed by atoms with van der Waals surface area (Å²) < 4.78 is 481. The molecular formula is C48H10BCl4F30P. The molecule has 84 heavy (non-hydrogen) atoms. The minimum Gasteiger partial charge on any atom is -0.207 e. The van der Waals surface area contributed by atoms with Crippen LogP contribution in [0.4, 0.5) is 132 Å². The highest BCUT2D eigenvalue weighted by molar-refractivity contribution is 7.98. The highest BCUT2D eigenvalue weighted by Crippen LogP contribution is 2.64. The molecule has 1 heterocycles. The van der Waals surface area contributed by atoms with E-state index in [-0.39, 0.29) is 28.9 Å². The van der Waals surface area contributed by atoms with E-state index in [0.717, 1.165) is 0 Å². The number of halogens is 34. The fourth-order valence-electron chi connectivity index (χ4n) is 9.12. The van der Waals surface area contributed by atoms with Gasteiger partial charge in [-0.3, -0.25) is 0 Å². The van der Waals surface area contributed by atoms with Crippen molar-refractivity contribution in [3.8, 4) is 0 Å². The van der Waals surface area contributed by atoms with E-state index in [9.17, 15) is 17.6 Å². The maximum atomic E-state index is 17.1. The second-order valence-electron chi connectivity index (χ2n) is 16.2. The van der Waals surface area contributed by atoms with Gasteiger partial charge in [-0.1, -0.05) is 30.3 Å². The SMILES string of the molecule is ClCCl.ClCCl.Fc1c(F)c(F)c(C2=Cc3ccccc3/C(=C\[P+](c3c(F)c(F)c(F)c(F)c3F)(c3c(F)c(F)c(F)c(F)c3F)c3c(F)c(F)c(F)c(F)c3F)[B-]2(c2c(F)c(F)c(F)c(F)c2F)c2c(F)c(F)c(F)c(F)c2F)c(F)c1F. The molecule has 0 fully saturated rings. The van der Waals surface area contributed by atoms with E-state index in [1.54, 1.807) is 0 Å². The molecule has 0 nitrogen and oxygen atoms in total. The number of hydrogen-bond acceptors (Lipinski definition) is 0. The van der Waals surface area contributed by atoms with Gasteiger partial charge in [-0.25, -0.2) is 105 Å². The molecule has 0 spiro atoms. The van der Waals surface area contributed by atoms with Gasteiger partial charge in [0, 0.05) is 11.4 Å². The van der Waals surface area contributed by atoms with Crippen molar-refractivity contribution in [3.05, 3.63) is 221 Å². The standard InChI is InChI=1S/C46H6BF30P.2CH2Cl2/c48-14-11(15(49)21(55)26(60)20(14)54)9-5-7-3-1-2-4-8(7)10(47(9,12-16(50)22(56)27(61)23(57)17(12)51)13-18(52)24(58)28(62)25(59)19(13)53)6-78(44-38(72)32(66)29(63)33(67)39(44)73,45-40(74)34(68)30(64)35(69)41(45)75)46-42(76)36(70)31(65)37(71)43(46)77;2*2-1-3/h1-6H;2*1H2/b10-6+;;. The molecule has 0 amide bonds. The average molecular weight is 1340 g/mol. The van der Waals surface area contributed by atoms with Crippen LogP contribution in [0.1, 0.15) is 16.7 Å². The monoisotopic (exact) mass is 1340 g/mol. The first-order chi connectivity index (χ1) is 39.1. The van der Waals surface area contributed by atoms with Gasteiger partial charge in [0.15, 0.2) is 81.3 Å². The minimum absolute atomic E-state index is 0.0636. The van der Waals surface area contributed by atoms with E-state index in [1.165, 1.54) is 0 Å². The third kappa shape index (κ3) is 9.75. The van der Waals surface area contributed by atoms with E-state index in [0.29, 0.717) is 6.07 Å². The van der Waals surface area contributed by atoms with Crippen molar-refractivity contribution in [2.24, 2.45) is 0 Å². The molecule has 36 heteroatoms. The van der Waals surface area contributed by atoms with Crippen LogP contribution in [-0.4, -0.2) is 16.8 Å². The molecule has 0 aliphatic carbocycles. The zero-order valence-electron chi connectivity index (χ0n) is 38.8. The molecule has 7 aromatic rings. The van der Waals surface area contributed by atoms with Crippen LogP contribution < -0.4 is 26.8 Å². The lowest BCUT2D eigenvalue weighted by molar-refractivity contribution is 0.376.